The van der Waals surface area contributed by atoms with Crippen molar-refractivity contribution in [2.24, 2.45) is 0 Å². The molecule has 0 bridgehead atoms. The van der Waals surface area contributed by atoms with Crippen LogP contribution < -0.4 is 16.0 Å². The second-order valence-electron chi connectivity index (χ2n) is 4.33. The Bertz CT molecular complexity index is 433. The number of hydrogen-bond acceptors (Lipinski definition) is 4. The van der Waals surface area contributed by atoms with E-state index in [9.17, 15) is 4.79 Å². The van der Waals surface area contributed by atoms with Crippen LogP contribution in [-0.4, -0.2) is 30.5 Å². The number of nitrogen functional groups attached to an aromatic ring is 1. The van der Waals surface area contributed by atoms with Crippen molar-refractivity contribution >= 4 is 17.4 Å². The molecule has 1 aromatic rings. The minimum absolute atomic E-state index is 0.0326. The molecule has 3 N–H and O–H groups in total. The third-order valence-corrected chi connectivity index (χ3v) is 3.26. The maximum Gasteiger partial charge on any atom is 0.242 e. The Labute approximate surface area is 101 Å². The van der Waals surface area contributed by atoms with E-state index in [2.05, 4.69) is 10.3 Å². The molecular weight excluding hydrogens is 216 g/mol. The SMILES string of the molecule is CNC(=O)C1CCCN1c1nccc(C)c1N. The summed E-state index contributed by atoms with van der Waals surface area (Å²) < 4.78 is 0. The lowest BCUT2D eigenvalue weighted by Crippen LogP contribution is -2.42. The molecule has 1 atom stereocenters. The van der Waals surface area contributed by atoms with Crippen molar-refractivity contribution in [3.63, 3.8) is 0 Å². The predicted octanol–water partition coefficient (Wildman–Crippen LogP) is 0.687. The lowest BCUT2D eigenvalue weighted by atomic mass is 10.2. The summed E-state index contributed by atoms with van der Waals surface area (Å²) in [6.45, 7) is 2.78. The van der Waals surface area contributed by atoms with Crippen LogP contribution in [0, 0.1) is 6.92 Å². The van der Waals surface area contributed by atoms with Crippen LogP contribution in [0.25, 0.3) is 0 Å². The molecule has 5 nitrogen and oxygen atoms in total. The van der Waals surface area contributed by atoms with E-state index in [1.807, 2.05) is 17.9 Å². The summed E-state index contributed by atoms with van der Waals surface area (Å²) in [5.41, 5.74) is 7.70. The molecule has 0 saturated carbocycles. The van der Waals surface area contributed by atoms with Gasteiger partial charge < -0.3 is 16.0 Å². The highest BCUT2D eigenvalue weighted by Crippen LogP contribution is 2.29. The van der Waals surface area contributed by atoms with Crippen molar-refractivity contribution < 1.29 is 4.79 Å². The van der Waals surface area contributed by atoms with Crippen LogP contribution >= 0.6 is 0 Å². The van der Waals surface area contributed by atoms with E-state index in [1.54, 1.807) is 13.2 Å². The third-order valence-electron chi connectivity index (χ3n) is 3.26. The molecule has 92 valence electrons. The average Bonchev–Trinajstić information content (AvgIpc) is 2.80. The molecule has 2 rings (SSSR count). The van der Waals surface area contributed by atoms with Gasteiger partial charge in [-0.05, 0) is 31.4 Å². The zero-order chi connectivity index (χ0) is 12.4. The van der Waals surface area contributed by atoms with Crippen molar-refractivity contribution in [2.75, 3.05) is 24.2 Å². The second kappa shape index (κ2) is 4.61. The Morgan fingerprint density at radius 1 is 1.65 bits per heavy atom. The summed E-state index contributed by atoms with van der Waals surface area (Å²) in [5.74, 6) is 0.765. The van der Waals surface area contributed by atoms with Crippen LogP contribution in [0.5, 0.6) is 0 Å². The first-order chi connectivity index (χ1) is 8.15. The maximum absolute atomic E-state index is 11.8. The molecule has 0 aliphatic carbocycles. The smallest absolute Gasteiger partial charge is 0.242 e. The number of hydrogen-bond donors (Lipinski definition) is 2. The molecular formula is C12H18N4O. The van der Waals surface area contributed by atoms with Gasteiger partial charge in [0, 0.05) is 19.8 Å². The van der Waals surface area contributed by atoms with E-state index in [0.29, 0.717) is 5.69 Å². The monoisotopic (exact) mass is 234 g/mol. The highest BCUT2D eigenvalue weighted by molar-refractivity contribution is 5.86. The van der Waals surface area contributed by atoms with Crippen molar-refractivity contribution in [1.29, 1.82) is 0 Å². The zero-order valence-corrected chi connectivity index (χ0v) is 10.2. The van der Waals surface area contributed by atoms with Gasteiger partial charge in [-0.25, -0.2) is 4.98 Å². The second-order valence-corrected chi connectivity index (χ2v) is 4.33. The summed E-state index contributed by atoms with van der Waals surface area (Å²) in [6, 6.07) is 1.74. The van der Waals surface area contributed by atoms with Crippen LogP contribution in [0.3, 0.4) is 0 Å². The van der Waals surface area contributed by atoms with Gasteiger partial charge in [0.1, 0.15) is 6.04 Å². The number of nitrogens with one attached hydrogen (secondary N) is 1. The summed E-state index contributed by atoms with van der Waals surface area (Å²) in [4.78, 5) is 18.1. The topological polar surface area (TPSA) is 71.2 Å². The summed E-state index contributed by atoms with van der Waals surface area (Å²) in [7, 11) is 1.66. The summed E-state index contributed by atoms with van der Waals surface area (Å²) >= 11 is 0. The molecule has 17 heavy (non-hydrogen) atoms. The number of aryl methyl sites for hydroxylation is 1. The summed E-state index contributed by atoms with van der Waals surface area (Å²) in [6.07, 6.45) is 3.59. The molecule has 5 heteroatoms. The predicted molar refractivity (Wildman–Crippen MR) is 67.8 cm³/mol. The van der Waals surface area contributed by atoms with Crippen molar-refractivity contribution in [3.05, 3.63) is 17.8 Å². The molecule has 1 aliphatic heterocycles. The van der Waals surface area contributed by atoms with Crippen molar-refractivity contribution in [2.45, 2.75) is 25.8 Å². The van der Waals surface area contributed by atoms with Gasteiger partial charge in [0.25, 0.3) is 0 Å². The molecule has 0 radical (unpaired) electrons. The van der Waals surface area contributed by atoms with E-state index in [-0.39, 0.29) is 11.9 Å². The fraction of sp³-hybridized carbons (Fsp3) is 0.500. The van der Waals surface area contributed by atoms with Crippen LogP contribution in [0.4, 0.5) is 11.5 Å². The quantitative estimate of drug-likeness (QED) is 0.789. The molecule has 1 fully saturated rings. The van der Waals surface area contributed by atoms with Crippen molar-refractivity contribution in [3.8, 4) is 0 Å². The van der Waals surface area contributed by atoms with Crippen LogP contribution in [0.2, 0.25) is 0 Å². The van der Waals surface area contributed by atoms with Gasteiger partial charge in [-0.1, -0.05) is 0 Å². The lowest BCUT2D eigenvalue weighted by molar-refractivity contribution is -0.121. The number of anilines is 2. The number of rotatable bonds is 2. The number of nitrogens with two attached hydrogens (primary N) is 1. The number of carbonyl (C=O) groups is 1. The Hall–Kier alpha value is -1.78. The first-order valence-electron chi connectivity index (χ1n) is 5.84. The van der Waals surface area contributed by atoms with Crippen LogP contribution in [0.1, 0.15) is 18.4 Å². The molecule has 1 saturated heterocycles. The van der Waals surface area contributed by atoms with Gasteiger partial charge in [0.2, 0.25) is 5.91 Å². The molecule has 0 aromatic carbocycles. The van der Waals surface area contributed by atoms with Crippen LogP contribution in [-0.2, 0) is 4.79 Å². The molecule has 1 aromatic heterocycles. The highest BCUT2D eigenvalue weighted by Gasteiger charge is 2.32. The molecule has 0 spiro atoms. The molecule has 1 amide bonds. The van der Waals surface area contributed by atoms with E-state index >= 15 is 0 Å². The first-order valence-corrected chi connectivity index (χ1v) is 5.84. The number of nitrogens with zero attached hydrogens (tertiary/aromatic N) is 2. The van der Waals surface area contributed by atoms with Crippen molar-refractivity contribution in [1.82, 2.24) is 10.3 Å². The summed E-state index contributed by atoms with van der Waals surface area (Å²) in [5, 5.41) is 2.69. The van der Waals surface area contributed by atoms with E-state index in [1.165, 1.54) is 0 Å². The van der Waals surface area contributed by atoms with Crippen LogP contribution in [0.15, 0.2) is 12.3 Å². The fourth-order valence-corrected chi connectivity index (χ4v) is 2.24. The fourth-order valence-electron chi connectivity index (χ4n) is 2.24. The van der Waals surface area contributed by atoms with E-state index < -0.39 is 0 Å². The lowest BCUT2D eigenvalue weighted by Gasteiger charge is -2.25. The number of aromatic nitrogens is 1. The normalized spacial score (nSPS) is 19.4. The minimum atomic E-state index is -0.142. The average molecular weight is 234 g/mol. The molecule has 1 unspecified atom stereocenters. The van der Waals surface area contributed by atoms with Gasteiger partial charge in [-0.3, -0.25) is 4.79 Å². The number of likely N-dealkylation sites (N-methyl/N-ethyl adjacent to an activating group) is 1. The Morgan fingerprint density at radius 2 is 2.41 bits per heavy atom. The number of amides is 1. The first kappa shape index (κ1) is 11.7. The van der Waals surface area contributed by atoms with E-state index in [4.69, 9.17) is 5.73 Å². The van der Waals surface area contributed by atoms with Gasteiger partial charge in [0.05, 0.1) is 5.69 Å². The largest absolute Gasteiger partial charge is 0.396 e. The standard InChI is InChI=1S/C12H18N4O/c1-8-5-6-15-11(10(8)13)16-7-3-4-9(16)12(17)14-2/h5-6,9H,3-4,7,13H2,1-2H3,(H,14,17). The van der Waals surface area contributed by atoms with Gasteiger partial charge in [-0.2, -0.15) is 0 Å². The number of pyridine rings is 1. The highest BCUT2D eigenvalue weighted by atomic mass is 16.2. The zero-order valence-electron chi connectivity index (χ0n) is 10.2. The Kier molecular flexibility index (Phi) is 3.17. The number of carbonyl (C=O) groups excluding carboxylic acids is 1. The minimum Gasteiger partial charge on any atom is -0.396 e. The van der Waals surface area contributed by atoms with E-state index in [0.717, 1.165) is 30.8 Å². The van der Waals surface area contributed by atoms with Gasteiger partial charge in [0.15, 0.2) is 5.82 Å². The molecule has 2 heterocycles. The Balaban J connectivity index is 2.32. The Morgan fingerprint density at radius 3 is 3.12 bits per heavy atom. The van der Waals surface area contributed by atoms with Gasteiger partial charge >= 0.3 is 0 Å². The molecule has 1 aliphatic rings. The third kappa shape index (κ3) is 2.05. The maximum atomic E-state index is 11.8. The van der Waals surface area contributed by atoms with Gasteiger partial charge in [-0.15, -0.1) is 0 Å².